The van der Waals surface area contributed by atoms with Crippen molar-refractivity contribution in [1.29, 1.82) is 0 Å². The van der Waals surface area contributed by atoms with Gasteiger partial charge in [0.05, 0.1) is 32.4 Å². The number of esters is 1. The molecule has 142 valence electrons. The molecule has 1 aliphatic heterocycles. The Morgan fingerprint density at radius 3 is 2.85 bits per heavy atom. The fourth-order valence-electron chi connectivity index (χ4n) is 2.71. The molecule has 1 aromatic carbocycles. The van der Waals surface area contributed by atoms with Crippen molar-refractivity contribution >= 4 is 23.5 Å². The molecule has 1 atom stereocenters. The van der Waals surface area contributed by atoms with Crippen LogP contribution in [0, 0.1) is 0 Å². The quantitative estimate of drug-likeness (QED) is 0.663. The third kappa shape index (κ3) is 5.11. The first-order valence-corrected chi connectivity index (χ1v) is 8.66. The molecule has 1 saturated heterocycles. The van der Waals surface area contributed by atoms with Gasteiger partial charge in [0.15, 0.2) is 0 Å². The van der Waals surface area contributed by atoms with Crippen LogP contribution in [-0.4, -0.2) is 62.1 Å². The zero-order chi connectivity index (χ0) is 18.9. The first kappa shape index (κ1) is 19.6. The molecule has 0 saturated carbocycles. The summed E-state index contributed by atoms with van der Waals surface area (Å²) in [7, 11) is 1.55. The van der Waals surface area contributed by atoms with Crippen LogP contribution in [0.25, 0.3) is 0 Å². The van der Waals surface area contributed by atoms with Crippen molar-refractivity contribution in [3.8, 4) is 5.75 Å². The van der Waals surface area contributed by atoms with E-state index in [1.807, 2.05) is 19.1 Å². The van der Waals surface area contributed by atoms with Crippen molar-refractivity contribution in [1.82, 2.24) is 10.2 Å². The van der Waals surface area contributed by atoms with E-state index in [9.17, 15) is 14.4 Å². The van der Waals surface area contributed by atoms with Crippen LogP contribution in [0.3, 0.4) is 0 Å². The number of carbonyl (C=O) groups excluding carboxylic acids is 3. The SMILES string of the molecule is CCCOC(=O)CC1C(=O)NCCN1C(=O)CNc1ccccc1OC. The Balaban J connectivity index is 1.99. The molecule has 0 bridgehead atoms. The number of piperazine rings is 1. The van der Waals surface area contributed by atoms with Crippen LogP contribution in [-0.2, 0) is 19.1 Å². The van der Waals surface area contributed by atoms with Crippen LogP contribution in [0.15, 0.2) is 24.3 Å². The molecule has 1 aromatic rings. The van der Waals surface area contributed by atoms with E-state index in [4.69, 9.17) is 9.47 Å². The maximum absolute atomic E-state index is 12.6. The molecule has 8 nitrogen and oxygen atoms in total. The van der Waals surface area contributed by atoms with Gasteiger partial charge in [0.25, 0.3) is 0 Å². The van der Waals surface area contributed by atoms with Gasteiger partial charge in [-0.2, -0.15) is 0 Å². The molecular weight excluding hydrogens is 338 g/mol. The Hall–Kier alpha value is -2.77. The van der Waals surface area contributed by atoms with Gasteiger partial charge in [0.2, 0.25) is 11.8 Å². The molecule has 0 aromatic heterocycles. The highest BCUT2D eigenvalue weighted by Crippen LogP contribution is 2.23. The lowest BCUT2D eigenvalue weighted by molar-refractivity contribution is -0.151. The summed E-state index contributed by atoms with van der Waals surface area (Å²) in [6.07, 6.45) is 0.556. The summed E-state index contributed by atoms with van der Waals surface area (Å²) in [5, 5.41) is 5.71. The number of hydrogen-bond acceptors (Lipinski definition) is 6. The fourth-order valence-corrected chi connectivity index (χ4v) is 2.71. The average Bonchev–Trinajstić information content (AvgIpc) is 2.66. The fraction of sp³-hybridized carbons (Fsp3) is 0.500. The number of nitrogens with zero attached hydrogens (tertiary/aromatic N) is 1. The number of anilines is 1. The number of hydrogen-bond donors (Lipinski definition) is 2. The van der Waals surface area contributed by atoms with Crippen molar-refractivity contribution in [2.45, 2.75) is 25.8 Å². The van der Waals surface area contributed by atoms with E-state index >= 15 is 0 Å². The van der Waals surface area contributed by atoms with Crippen LogP contribution in [0.1, 0.15) is 19.8 Å². The first-order valence-electron chi connectivity index (χ1n) is 8.66. The van der Waals surface area contributed by atoms with E-state index in [-0.39, 0.29) is 24.8 Å². The third-order valence-corrected chi connectivity index (χ3v) is 4.02. The Labute approximate surface area is 152 Å². The van der Waals surface area contributed by atoms with Gasteiger partial charge >= 0.3 is 5.97 Å². The number of rotatable bonds is 8. The van der Waals surface area contributed by atoms with E-state index in [1.54, 1.807) is 19.2 Å². The highest BCUT2D eigenvalue weighted by atomic mass is 16.5. The number of para-hydroxylation sites is 2. The minimum atomic E-state index is -0.847. The zero-order valence-corrected chi connectivity index (χ0v) is 15.1. The second-order valence-corrected chi connectivity index (χ2v) is 5.87. The van der Waals surface area contributed by atoms with Crippen molar-refractivity contribution in [3.63, 3.8) is 0 Å². The lowest BCUT2D eigenvalue weighted by Crippen LogP contribution is -2.58. The summed E-state index contributed by atoms with van der Waals surface area (Å²) in [6, 6.07) is 6.40. The summed E-state index contributed by atoms with van der Waals surface area (Å²) < 4.78 is 10.3. The van der Waals surface area contributed by atoms with E-state index in [0.717, 1.165) is 0 Å². The van der Waals surface area contributed by atoms with Crippen LogP contribution < -0.4 is 15.4 Å². The maximum atomic E-state index is 12.6. The lowest BCUT2D eigenvalue weighted by atomic mass is 10.1. The lowest BCUT2D eigenvalue weighted by Gasteiger charge is -2.34. The van der Waals surface area contributed by atoms with Crippen LogP contribution in [0.5, 0.6) is 5.75 Å². The summed E-state index contributed by atoms with van der Waals surface area (Å²) in [6.45, 7) is 2.90. The van der Waals surface area contributed by atoms with Crippen molar-refractivity contribution in [2.24, 2.45) is 0 Å². The Kier molecular flexibility index (Phi) is 7.25. The third-order valence-electron chi connectivity index (χ3n) is 4.02. The maximum Gasteiger partial charge on any atom is 0.308 e. The Morgan fingerprint density at radius 2 is 2.12 bits per heavy atom. The molecule has 2 amide bonds. The molecule has 0 spiro atoms. The Morgan fingerprint density at radius 1 is 1.35 bits per heavy atom. The van der Waals surface area contributed by atoms with E-state index in [1.165, 1.54) is 4.90 Å². The molecule has 1 heterocycles. The minimum Gasteiger partial charge on any atom is -0.495 e. The smallest absolute Gasteiger partial charge is 0.308 e. The van der Waals surface area contributed by atoms with Crippen LogP contribution in [0.2, 0.25) is 0 Å². The van der Waals surface area contributed by atoms with Crippen LogP contribution >= 0.6 is 0 Å². The predicted molar refractivity (Wildman–Crippen MR) is 95.9 cm³/mol. The number of ether oxygens (including phenoxy) is 2. The summed E-state index contributed by atoms with van der Waals surface area (Å²) in [5.74, 6) is -0.463. The highest BCUT2D eigenvalue weighted by Gasteiger charge is 2.34. The van der Waals surface area contributed by atoms with E-state index in [0.29, 0.717) is 37.6 Å². The van der Waals surface area contributed by atoms with E-state index in [2.05, 4.69) is 10.6 Å². The second kappa shape index (κ2) is 9.65. The largest absolute Gasteiger partial charge is 0.495 e. The molecule has 0 aliphatic carbocycles. The molecule has 0 radical (unpaired) electrons. The predicted octanol–water partition coefficient (Wildman–Crippen LogP) is 0.777. The number of methoxy groups -OCH3 is 1. The molecule has 2 rings (SSSR count). The molecular formula is C18H25N3O5. The molecule has 26 heavy (non-hydrogen) atoms. The second-order valence-electron chi connectivity index (χ2n) is 5.87. The molecule has 8 heteroatoms. The molecule has 1 unspecified atom stereocenters. The number of nitrogens with one attached hydrogen (secondary N) is 2. The normalized spacial score (nSPS) is 16.6. The topological polar surface area (TPSA) is 97.0 Å². The van der Waals surface area contributed by atoms with Gasteiger partial charge in [-0.3, -0.25) is 14.4 Å². The summed E-state index contributed by atoms with van der Waals surface area (Å²) in [5.41, 5.74) is 0.684. The monoisotopic (exact) mass is 363 g/mol. The van der Waals surface area contributed by atoms with Gasteiger partial charge in [0, 0.05) is 13.1 Å². The summed E-state index contributed by atoms with van der Waals surface area (Å²) >= 11 is 0. The average molecular weight is 363 g/mol. The van der Waals surface area contributed by atoms with Gasteiger partial charge in [-0.25, -0.2) is 0 Å². The summed E-state index contributed by atoms with van der Waals surface area (Å²) in [4.78, 5) is 38.1. The molecule has 1 aliphatic rings. The van der Waals surface area contributed by atoms with Gasteiger partial charge in [-0.15, -0.1) is 0 Å². The van der Waals surface area contributed by atoms with Gasteiger partial charge in [-0.05, 0) is 18.6 Å². The van der Waals surface area contributed by atoms with Gasteiger partial charge in [0.1, 0.15) is 11.8 Å². The van der Waals surface area contributed by atoms with Gasteiger partial charge in [-0.1, -0.05) is 19.1 Å². The number of benzene rings is 1. The highest BCUT2D eigenvalue weighted by molar-refractivity contribution is 5.93. The molecule has 2 N–H and O–H groups in total. The number of amides is 2. The standard InChI is InChI=1S/C18H25N3O5/c1-3-10-26-17(23)11-14-18(24)19-8-9-21(14)16(22)12-20-13-6-4-5-7-15(13)25-2/h4-7,14,20H,3,8-12H2,1-2H3,(H,19,24). The first-order chi connectivity index (χ1) is 12.6. The number of carbonyl (C=O) groups is 3. The van der Waals surface area contributed by atoms with Crippen molar-refractivity contribution < 1.29 is 23.9 Å². The minimum absolute atomic E-state index is 0.00579. The van der Waals surface area contributed by atoms with Crippen LogP contribution in [0.4, 0.5) is 5.69 Å². The molecule has 1 fully saturated rings. The van der Waals surface area contributed by atoms with Crippen molar-refractivity contribution in [3.05, 3.63) is 24.3 Å². The Bertz CT molecular complexity index is 649. The zero-order valence-electron chi connectivity index (χ0n) is 15.1. The van der Waals surface area contributed by atoms with Gasteiger partial charge < -0.3 is 25.0 Å². The van der Waals surface area contributed by atoms with Crippen molar-refractivity contribution in [2.75, 3.05) is 38.7 Å². The van der Waals surface area contributed by atoms with E-state index < -0.39 is 12.0 Å².